The van der Waals surface area contributed by atoms with E-state index in [1.165, 1.54) is 0 Å². The van der Waals surface area contributed by atoms with Crippen LogP contribution in [0.1, 0.15) is 73.6 Å². The molecule has 0 amide bonds. The third-order valence-corrected chi connectivity index (χ3v) is 4.96. The van der Waals surface area contributed by atoms with Gasteiger partial charge in [0.25, 0.3) is 0 Å². The molecule has 1 aliphatic carbocycles. The van der Waals surface area contributed by atoms with Crippen molar-refractivity contribution in [2.24, 2.45) is 16.7 Å². The molecule has 1 aliphatic rings. The maximum Gasteiger partial charge on any atom is 0.165 e. The lowest BCUT2D eigenvalue weighted by Gasteiger charge is -2.34. The molecule has 2 heteroatoms. The molecular formula is C17H30O2. The molecule has 0 aromatic carbocycles. The molecule has 0 spiro atoms. The van der Waals surface area contributed by atoms with Crippen molar-refractivity contribution in [3.05, 3.63) is 11.3 Å². The van der Waals surface area contributed by atoms with E-state index in [1.54, 1.807) is 6.92 Å². The van der Waals surface area contributed by atoms with Gasteiger partial charge in [0.05, 0.1) is 0 Å². The van der Waals surface area contributed by atoms with E-state index >= 15 is 0 Å². The summed E-state index contributed by atoms with van der Waals surface area (Å²) < 4.78 is 0. The maximum atomic E-state index is 12.5. The zero-order valence-corrected chi connectivity index (χ0v) is 13.5. The van der Waals surface area contributed by atoms with Crippen molar-refractivity contribution in [2.75, 3.05) is 0 Å². The summed E-state index contributed by atoms with van der Waals surface area (Å²) in [6.45, 7) is 12.3. The van der Waals surface area contributed by atoms with Gasteiger partial charge in [0.1, 0.15) is 5.76 Å². The first-order chi connectivity index (χ1) is 8.60. The van der Waals surface area contributed by atoms with Gasteiger partial charge in [0.2, 0.25) is 0 Å². The molecule has 0 atom stereocenters. The smallest absolute Gasteiger partial charge is 0.165 e. The Labute approximate surface area is 118 Å². The molecule has 1 N–H and O–H groups in total. The Morgan fingerprint density at radius 1 is 1.26 bits per heavy atom. The topological polar surface area (TPSA) is 37.3 Å². The van der Waals surface area contributed by atoms with Gasteiger partial charge in [-0.25, -0.2) is 0 Å². The van der Waals surface area contributed by atoms with Gasteiger partial charge in [0.15, 0.2) is 5.78 Å². The number of ketones is 1. The van der Waals surface area contributed by atoms with Crippen molar-refractivity contribution in [3.63, 3.8) is 0 Å². The highest BCUT2D eigenvalue weighted by Gasteiger charge is 2.33. The predicted molar refractivity (Wildman–Crippen MR) is 80.1 cm³/mol. The Kier molecular flexibility index (Phi) is 4.86. The van der Waals surface area contributed by atoms with Gasteiger partial charge in [-0.3, -0.25) is 4.79 Å². The fourth-order valence-electron chi connectivity index (χ4n) is 2.76. The normalized spacial score (nSPS) is 22.0. The molecule has 19 heavy (non-hydrogen) atoms. The molecule has 0 unspecified atom stereocenters. The predicted octanol–water partition coefficient (Wildman–Crippen LogP) is 5.04. The van der Waals surface area contributed by atoms with E-state index in [0.29, 0.717) is 11.0 Å². The lowest BCUT2D eigenvalue weighted by Crippen LogP contribution is -2.28. The average Bonchev–Trinajstić information content (AvgIpc) is 2.36. The summed E-state index contributed by atoms with van der Waals surface area (Å²) in [5, 5.41) is 10.3. The van der Waals surface area contributed by atoms with Crippen molar-refractivity contribution in [1.82, 2.24) is 0 Å². The second-order valence-corrected chi connectivity index (χ2v) is 7.51. The summed E-state index contributed by atoms with van der Waals surface area (Å²) in [4.78, 5) is 12.5. The molecule has 1 fully saturated rings. The van der Waals surface area contributed by atoms with Crippen LogP contribution in [0.15, 0.2) is 11.3 Å². The van der Waals surface area contributed by atoms with Gasteiger partial charge >= 0.3 is 0 Å². The van der Waals surface area contributed by atoms with Crippen molar-refractivity contribution in [2.45, 2.75) is 73.6 Å². The third-order valence-electron chi connectivity index (χ3n) is 4.96. The van der Waals surface area contributed by atoms with Crippen molar-refractivity contribution < 1.29 is 9.90 Å². The quantitative estimate of drug-likeness (QED) is 0.571. The average molecular weight is 266 g/mol. The van der Waals surface area contributed by atoms with E-state index in [4.69, 9.17) is 0 Å². The highest BCUT2D eigenvalue weighted by Crippen LogP contribution is 2.40. The number of carbonyl (C=O) groups is 1. The second-order valence-electron chi connectivity index (χ2n) is 7.51. The van der Waals surface area contributed by atoms with Crippen LogP contribution in [0.5, 0.6) is 0 Å². The molecule has 0 radical (unpaired) electrons. The van der Waals surface area contributed by atoms with Crippen LogP contribution >= 0.6 is 0 Å². The molecule has 0 aromatic rings. The van der Waals surface area contributed by atoms with Crippen LogP contribution in [0.2, 0.25) is 0 Å². The van der Waals surface area contributed by atoms with Crippen LogP contribution in [0.4, 0.5) is 0 Å². The van der Waals surface area contributed by atoms with Crippen LogP contribution in [-0.2, 0) is 4.79 Å². The molecule has 110 valence electrons. The standard InChI is InChI=1S/C17H30O2/c1-7-17(5,6)15(19)12(2)14(18)13-8-10-16(3,4)11-9-13/h13,19H,7-11H2,1-6H3. The first kappa shape index (κ1) is 16.3. The summed E-state index contributed by atoms with van der Waals surface area (Å²) in [7, 11) is 0. The van der Waals surface area contributed by atoms with Gasteiger partial charge in [-0.1, -0.05) is 34.6 Å². The zero-order valence-electron chi connectivity index (χ0n) is 13.5. The Morgan fingerprint density at radius 2 is 1.74 bits per heavy atom. The number of carbonyl (C=O) groups excluding carboxylic acids is 1. The Morgan fingerprint density at radius 3 is 2.16 bits per heavy atom. The van der Waals surface area contributed by atoms with Crippen LogP contribution in [-0.4, -0.2) is 10.9 Å². The lowest BCUT2D eigenvalue weighted by molar-refractivity contribution is -0.121. The van der Waals surface area contributed by atoms with Gasteiger partial charge < -0.3 is 5.11 Å². The number of aliphatic hydroxyl groups excluding tert-OH is 1. The minimum absolute atomic E-state index is 0.114. The van der Waals surface area contributed by atoms with E-state index in [9.17, 15) is 9.90 Å². The van der Waals surface area contributed by atoms with E-state index in [1.807, 2.05) is 20.8 Å². The molecule has 0 aliphatic heterocycles. The van der Waals surface area contributed by atoms with Crippen LogP contribution in [0.25, 0.3) is 0 Å². The lowest BCUT2D eigenvalue weighted by atomic mass is 9.71. The SMILES string of the molecule is CCC(C)(C)C(O)=C(C)C(=O)C1CCC(C)(C)CC1. The number of Topliss-reactive ketones (excluding diaryl/α,β-unsaturated/α-hetero) is 1. The zero-order chi connectivity index (χ0) is 14.8. The molecular weight excluding hydrogens is 236 g/mol. The number of aliphatic hydroxyl groups is 1. The molecule has 2 nitrogen and oxygen atoms in total. The first-order valence-electron chi connectivity index (χ1n) is 7.55. The molecule has 0 bridgehead atoms. The van der Waals surface area contributed by atoms with Crippen LogP contribution < -0.4 is 0 Å². The monoisotopic (exact) mass is 266 g/mol. The van der Waals surface area contributed by atoms with Gasteiger partial charge in [-0.2, -0.15) is 0 Å². The van der Waals surface area contributed by atoms with E-state index in [0.717, 1.165) is 32.1 Å². The first-order valence-corrected chi connectivity index (χ1v) is 7.55. The third kappa shape index (κ3) is 3.84. The molecule has 1 rings (SSSR count). The minimum atomic E-state index is -0.298. The van der Waals surface area contributed by atoms with E-state index in [2.05, 4.69) is 13.8 Å². The van der Waals surface area contributed by atoms with E-state index < -0.39 is 0 Å². The van der Waals surface area contributed by atoms with Gasteiger partial charge in [-0.05, 0) is 44.4 Å². The fourth-order valence-corrected chi connectivity index (χ4v) is 2.76. The fraction of sp³-hybridized carbons (Fsp3) is 0.824. The van der Waals surface area contributed by atoms with Crippen LogP contribution in [0, 0.1) is 16.7 Å². The Balaban J connectivity index is 2.81. The minimum Gasteiger partial charge on any atom is -0.511 e. The largest absolute Gasteiger partial charge is 0.511 e. The summed E-state index contributed by atoms with van der Waals surface area (Å²) in [6, 6.07) is 0. The molecule has 0 saturated heterocycles. The molecule has 0 heterocycles. The second kappa shape index (κ2) is 5.68. The summed E-state index contributed by atoms with van der Waals surface area (Å²) in [5.74, 6) is 0.558. The number of rotatable bonds is 4. The molecule has 1 saturated carbocycles. The Hall–Kier alpha value is -0.790. The van der Waals surface area contributed by atoms with Crippen molar-refractivity contribution >= 4 is 5.78 Å². The number of hydrogen-bond donors (Lipinski definition) is 1. The van der Waals surface area contributed by atoms with Gasteiger partial charge in [-0.15, -0.1) is 0 Å². The molecule has 0 aromatic heterocycles. The Bertz CT molecular complexity index is 365. The maximum absolute atomic E-state index is 12.5. The van der Waals surface area contributed by atoms with E-state index in [-0.39, 0.29) is 22.9 Å². The number of hydrogen-bond acceptors (Lipinski definition) is 2. The summed E-state index contributed by atoms with van der Waals surface area (Å²) >= 11 is 0. The highest BCUT2D eigenvalue weighted by atomic mass is 16.3. The summed E-state index contributed by atoms with van der Waals surface area (Å²) in [5.41, 5.74) is 0.656. The van der Waals surface area contributed by atoms with Crippen molar-refractivity contribution in [3.8, 4) is 0 Å². The van der Waals surface area contributed by atoms with Gasteiger partial charge in [0, 0.05) is 16.9 Å². The highest BCUT2D eigenvalue weighted by molar-refractivity contribution is 5.97. The van der Waals surface area contributed by atoms with Crippen molar-refractivity contribution in [1.29, 1.82) is 0 Å². The van der Waals surface area contributed by atoms with Crippen LogP contribution in [0.3, 0.4) is 0 Å². The summed E-state index contributed by atoms with van der Waals surface area (Å²) in [6.07, 6.45) is 4.97. The number of allylic oxidation sites excluding steroid dienone is 2.